The number of hydrogen-bond acceptors (Lipinski definition) is 4. The lowest BCUT2D eigenvalue weighted by Crippen LogP contribution is -2.23. The molecule has 4 nitrogen and oxygen atoms in total. The minimum Gasteiger partial charge on any atom is -0.486 e. The normalized spacial score (nSPS) is 26.1. The van der Waals surface area contributed by atoms with Crippen molar-refractivity contribution in [2.45, 2.75) is 32.2 Å². The molecule has 3 rings (SSSR count). The Bertz CT molecular complexity index is 448. The molecule has 1 aromatic rings. The Balaban J connectivity index is 1.83. The summed E-state index contributed by atoms with van der Waals surface area (Å²) in [5.74, 6) is 2.25. The van der Waals surface area contributed by atoms with Gasteiger partial charge < -0.3 is 20.5 Å². The van der Waals surface area contributed by atoms with Crippen molar-refractivity contribution < 1.29 is 9.47 Å². The standard InChI is InChI=1S/C14H20N2O2/c1-9-3-2-4-11(9)16-12-8-14-13(7-10(12)15)17-5-6-18-14/h7-9,11,16H,2-6,15H2,1H3. The lowest BCUT2D eigenvalue weighted by molar-refractivity contribution is 0.172. The van der Waals surface area contributed by atoms with Crippen molar-refractivity contribution in [3.05, 3.63) is 12.1 Å². The van der Waals surface area contributed by atoms with Crippen molar-refractivity contribution in [2.24, 2.45) is 5.92 Å². The zero-order valence-corrected chi connectivity index (χ0v) is 10.7. The zero-order chi connectivity index (χ0) is 12.5. The van der Waals surface area contributed by atoms with Crippen LogP contribution >= 0.6 is 0 Å². The second-order valence-electron chi connectivity index (χ2n) is 5.24. The maximum absolute atomic E-state index is 6.07. The van der Waals surface area contributed by atoms with E-state index in [9.17, 15) is 0 Å². The smallest absolute Gasteiger partial charge is 0.163 e. The van der Waals surface area contributed by atoms with Crippen molar-refractivity contribution in [2.75, 3.05) is 24.3 Å². The van der Waals surface area contributed by atoms with E-state index in [1.54, 1.807) is 0 Å². The van der Waals surface area contributed by atoms with Crippen LogP contribution in [0, 0.1) is 5.92 Å². The average Bonchev–Trinajstić information content (AvgIpc) is 2.76. The lowest BCUT2D eigenvalue weighted by Gasteiger charge is -2.23. The molecule has 2 unspecified atom stereocenters. The second kappa shape index (κ2) is 4.59. The lowest BCUT2D eigenvalue weighted by atomic mass is 10.1. The number of rotatable bonds is 2. The summed E-state index contributed by atoms with van der Waals surface area (Å²) < 4.78 is 11.1. The summed E-state index contributed by atoms with van der Waals surface area (Å²) in [6.45, 7) is 3.49. The number of ether oxygens (including phenoxy) is 2. The molecule has 1 fully saturated rings. The second-order valence-corrected chi connectivity index (χ2v) is 5.24. The molecule has 0 spiro atoms. The Kier molecular flexibility index (Phi) is 2.94. The monoisotopic (exact) mass is 248 g/mol. The number of nitrogens with one attached hydrogen (secondary N) is 1. The van der Waals surface area contributed by atoms with E-state index in [0.717, 1.165) is 22.9 Å². The van der Waals surface area contributed by atoms with Crippen LogP contribution in [0.1, 0.15) is 26.2 Å². The van der Waals surface area contributed by atoms with Gasteiger partial charge in [0.15, 0.2) is 11.5 Å². The molecule has 4 heteroatoms. The summed E-state index contributed by atoms with van der Waals surface area (Å²) in [5.41, 5.74) is 7.78. The molecule has 0 bridgehead atoms. The van der Waals surface area contributed by atoms with Gasteiger partial charge in [-0.15, -0.1) is 0 Å². The fourth-order valence-corrected chi connectivity index (χ4v) is 2.79. The van der Waals surface area contributed by atoms with Crippen LogP contribution in [0.25, 0.3) is 0 Å². The molecule has 18 heavy (non-hydrogen) atoms. The van der Waals surface area contributed by atoms with Crippen LogP contribution in [0.5, 0.6) is 11.5 Å². The predicted molar refractivity (Wildman–Crippen MR) is 72.3 cm³/mol. The first-order valence-corrected chi connectivity index (χ1v) is 6.69. The Labute approximate surface area is 107 Å². The predicted octanol–water partition coefficient (Wildman–Crippen LogP) is 2.64. The highest BCUT2D eigenvalue weighted by atomic mass is 16.6. The molecule has 0 amide bonds. The largest absolute Gasteiger partial charge is 0.486 e. The molecule has 1 aromatic carbocycles. The summed E-state index contributed by atoms with van der Waals surface area (Å²) in [5, 5.41) is 3.55. The van der Waals surface area contributed by atoms with Gasteiger partial charge in [-0.3, -0.25) is 0 Å². The molecule has 98 valence electrons. The van der Waals surface area contributed by atoms with Crippen molar-refractivity contribution in [3.63, 3.8) is 0 Å². The number of fused-ring (bicyclic) bond motifs is 1. The molecule has 1 aliphatic heterocycles. The van der Waals surface area contributed by atoms with Gasteiger partial charge in [0.25, 0.3) is 0 Å². The molecular weight excluding hydrogens is 228 g/mol. The fourth-order valence-electron chi connectivity index (χ4n) is 2.79. The number of hydrogen-bond donors (Lipinski definition) is 2. The van der Waals surface area contributed by atoms with Crippen LogP contribution in [0.2, 0.25) is 0 Å². The van der Waals surface area contributed by atoms with E-state index in [0.29, 0.717) is 25.2 Å². The molecule has 0 saturated heterocycles. The first-order valence-electron chi connectivity index (χ1n) is 6.69. The van der Waals surface area contributed by atoms with E-state index < -0.39 is 0 Å². The third-order valence-electron chi connectivity index (χ3n) is 3.92. The quantitative estimate of drug-likeness (QED) is 0.790. The zero-order valence-electron chi connectivity index (χ0n) is 10.7. The number of anilines is 2. The van der Waals surface area contributed by atoms with Crippen molar-refractivity contribution in [1.82, 2.24) is 0 Å². The van der Waals surface area contributed by atoms with Crippen LogP contribution < -0.4 is 20.5 Å². The maximum Gasteiger partial charge on any atom is 0.163 e. The number of benzene rings is 1. The summed E-state index contributed by atoms with van der Waals surface area (Å²) in [6.07, 6.45) is 3.81. The van der Waals surface area contributed by atoms with Gasteiger partial charge in [0.2, 0.25) is 0 Å². The molecule has 0 radical (unpaired) electrons. The molecule has 1 heterocycles. The first kappa shape index (κ1) is 11.5. The van der Waals surface area contributed by atoms with E-state index in [-0.39, 0.29) is 0 Å². The minimum atomic E-state index is 0.523. The van der Waals surface area contributed by atoms with Gasteiger partial charge >= 0.3 is 0 Å². The van der Waals surface area contributed by atoms with Crippen molar-refractivity contribution in [1.29, 1.82) is 0 Å². The van der Waals surface area contributed by atoms with Crippen LogP contribution in [-0.4, -0.2) is 19.3 Å². The fraction of sp³-hybridized carbons (Fsp3) is 0.571. The van der Waals surface area contributed by atoms with E-state index in [2.05, 4.69) is 12.2 Å². The van der Waals surface area contributed by atoms with Gasteiger partial charge in [-0.1, -0.05) is 13.3 Å². The Hall–Kier alpha value is -1.58. The summed E-state index contributed by atoms with van der Waals surface area (Å²) in [4.78, 5) is 0. The van der Waals surface area contributed by atoms with E-state index >= 15 is 0 Å². The van der Waals surface area contributed by atoms with Crippen LogP contribution in [0.3, 0.4) is 0 Å². The topological polar surface area (TPSA) is 56.5 Å². The van der Waals surface area contributed by atoms with Crippen LogP contribution in [-0.2, 0) is 0 Å². The SMILES string of the molecule is CC1CCCC1Nc1cc2c(cc1N)OCCO2. The molecule has 2 atom stereocenters. The van der Waals surface area contributed by atoms with Gasteiger partial charge in [0, 0.05) is 18.2 Å². The Morgan fingerprint density at radius 1 is 1.17 bits per heavy atom. The van der Waals surface area contributed by atoms with Crippen LogP contribution in [0.15, 0.2) is 12.1 Å². The van der Waals surface area contributed by atoms with Gasteiger partial charge in [-0.05, 0) is 18.8 Å². The van der Waals surface area contributed by atoms with E-state index in [1.807, 2.05) is 12.1 Å². The third-order valence-corrected chi connectivity index (χ3v) is 3.92. The summed E-state index contributed by atoms with van der Waals surface area (Å²) in [6, 6.07) is 4.35. The molecule has 1 aliphatic carbocycles. The van der Waals surface area contributed by atoms with Gasteiger partial charge in [0.05, 0.1) is 11.4 Å². The van der Waals surface area contributed by atoms with Crippen LogP contribution in [0.4, 0.5) is 11.4 Å². The first-order chi connectivity index (χ1) is 8.74. The van der Waals surface area contributed by atoms with Gasteiger partial charge in [0.1, 0.15) is 13.2 Å². The summed E-state index contributed by atoms with van der Waals surface area (Å²) in [7, 11) is 0. The highest BCUT2D eigenvalue weighted by Gasteiger charge is 2.24. The molecule has 0 aromatic heterocycles. The molecule has 3 N–H and O–H groups in total. The average molecular weight is 248 g/mol. The number of nitrogens with two attached hydrogens (primary N) is 1. The van der Waals surface area contributed by atoms with Crippen molar-refractivity contribution >= 4 is 11.4 Å². The molecule has 1 saturated carbocycles. The van der Waals surface area contributed by atoms with Gasteiger partial charge in [-0.25, -0.2) is 0 Å². The summed E-state index contributed by atoms with van der Waals surface area (Å²) >= 11 is 0. The molecular formula is C14H20N2O2. The molecule has 2 aliphatic rings. The highest BCUT2D eigenvalue weighted by Crippen LogP contribution is 2.38. The van der Waals surface area contributed by atoms with E-state index in [1.165, 1.54) is 19.3 Å². The highest BCUT2D eigenvalue weighted by molar-refractivity contribution is 5.72. The van der Waals surface area contributed by atoms with Gasteiger partial charge in [-0.2, -0.15) is 0 Å². The maximum atomic E-state index is 6.07. The Morgan fingerprint density at radius 2 is 1.89 bits per heavy atom. The van der Waals surface area contributed by atoms with E-state index in [4.69, 9.17) is 15.2 Å². The van der Waals surface area contributed by atoms with Crippen molar-refractivity contribution in [3.8, 4) is 11.5 Å². The minimum absolute atomic E-state index is 0.523. The number of nitrogen functional groups attached to an aromatic ring is 1. The Morgan fingerprint density at radius 3 is 2.56 bits per heavy atom. The third kappa shape index (κ3) is 2.07.